The molecule has 5 heteroatoms. The van der Waals surface area contributed by atoms with Crippen molar-refractivity contribution < 1.29 is 5.11 Å². The fraction of sp³-hybridized carbons (Fsp3) is 0. The number of aromatic nitrogens is 1. The molecule has 1 heterocycles. The zero-order valence-electron chi connectivity index (χ0n) is 7.79. The summed E-state index contributed by atoms with van der Waals surface area (Å²) in [5, 5.41) is 16.0. The molecule has 0 aliphatic carbocycles. The topological polar surface area (TPSA) is 57.5 Å². The highest BCUT2D eigenvalue weighted by Crippen LogP contribution is 2.13. The molecule has 15 heavy (non-hydrogen) atoms. The number of anilines is 1. The summed E-state index contributed by atoms with van der Waals surface area (Å²) < 4.78 is 0. The minimum absolute atomic E-state index is 0.210. The Morgan fingerprint density at radius 1 is 1.40 bits per heavy atom. The lowest BCUT2D eigenvalue weighted by atomic mass is 10.2. The predicted molar refractivity (Wildman–Crippen MR) is 61.4 cm³/mol. The summed E-state index contributed by atoms with van der Waals surface area (Å²) in [6.45, 7) is 0. The van der Waals surface area contributed by atoms with Crippen LogP contribution >= 0.6 is 11.3 Å². The van der Waals surface area contributed by atoms with Crippen LogP contribution in [0.1, 0.15) is 5.56 Å². The molecule has 2 aromatic rings. The maximum Gasteiger partial charge on any atom is 0.203 e. The third-order valence-electron chi connectivity index (χ3n) is 1.73. The second kappa shape index (κ2) is 4.56. The van der Waals surface area contributed by atoms with Crippen LogP contribution in [0.25, 0.3) is 0 Å². The van der Waals surface area contributed by atoms with Crippen molar-refractivity contribution in [2.45, 2.75) is 0 Å². The van der Waals surface area contributed by atoms with Crippen molar-refractivity contribution in [3.05, 3.63) is 41.4 Å². The molecule has 0 aliphatic heterocycles. The van der Waals surface area contributed by atoms with Gasteiger partial charge in [0.05, 0.1) is 6.21 Å². The minimum atomic E-state index is 0.210. The van der Waals surface area contributed by atoms with Crippen molar-refractivity contribution >= 4 is 22.7 Å². The van der Waals surface area contributed by atoms with Gasteiger partial charge < -0.3 is 5.11 Å². The van der Waals surface area contributed by atoms with Crippen LogP contribution in [-0.4, -0.2) is 16.3 Å². The van der Waals surface area contributed by atoms with Crippen molar-refractivity contribution in [2.24, 2.45) is 5.10 Å². The first-order valence-electron chi connectivity index (χ1n) is 4.33. The normalized spacial score (nSPS) is 10.7. The molecule has 0 amide bonds. The van der Waals surface area contributed by atoms with E-state index in [9.17, 15) is 5.11 Å². The molecule has 0 saturated heterocycles. The van der Waals surface area contributed by atoms with E-state index in [0.29, 0.717) is 5.56 Å². The standard InChI is InChI=1S/C10H9N3OS/c14-9-4-2-1-3-8(9)7-12-13-10-11-5-6-15-10/h1-7,14H,(H,11,13). The third kappa shape index (κ3) is 2.54. The fourth-order valence-corrected chi connectivity index (χ4v) is 1.51. The van der Waals surface area contributed by atoms with E-state index in [1.807, 2.05) is 11.4 Å². The summed E-state index contributed by atoms with van der Waals surface area (Å²) in [6.07, 6.45) is 3.25. The van der Waals surface area contributed by atoms with E-state index < -0.39 is 0 Å². The summed E-state index contributed by atoms with van der Waals surface area (Å²) >= 11 is 1.46. The molecular formula is C10H9N3OS. The molecule has 0 bridgehead atoms. The first-order chi connectivity index (χ1) is 7.36. The Morgan fingerprint density at radius 3 is 3.00 bits per heavy atom. The molecule has 0 atom stereocenters. The highest BCUT2D eigenvalue weighted by Gasteiger charge is 1.94. The van der Waals surface area contributed by atoms with Gasteiger partial charge >= 0.3 is 0 Å². The van der Waals surface area contributed by atoms with Crippen LogP contribution in [0.3, 0.4) is 0 Å². The Labute approximate surface area is 90.9 Å². The predicted octanol–water partition coefficient (Wildman–Crippen LogP) is 2.29. The molecule has 0 radical (unpaired) electrons. The van der Waals surface area contributed by atoms with E-state index in [1.54, 1.807) is 30.6 Å². The van der Waals surface area contributed by atoms with Gasteiger partial charge in [-0.05, 0) is 12.1 Å². The molecule has 0 spiro atoms. The van der Waals surface area contributed by atoms with E-state index in [4.69, 9.17) is 0 Å². The average Bonchev–Trinajstić information content (AvgIpc) is 2.74. The number of phenols is 1. The maximum absolute atomic E-state index is 9.44. The fourth-order valence-electron chi connectivity index (χ4n) is 1.03. The molecule has 4 nitrogen and oxygen atoms in total. The number of hydrazone groups is 1. The van der Waals surface area contributed by atoms with Gasteiger partial charge in [-0.2, -0.15) is 5.10 Å². The van der Waals surface area contributed by atoms with Crippen LogP contribution in [0.2, 0.25) is 0 Å². The second-order valence-electron chi connectivity index (χ2n) is 2.77. The lowest BCUT2D eigenvalue weighted by molar-refractivity contribution is 0.474. The van der Waals surface area contributed by atoms with Gasteiger partial charge in [-0.1, -0.05) is 12.1 Å². The van der Waals surface area contributed by atoms with Crippen LogP contribution in [0.4, 0.5) is 5.13 Å². The Morgan fingerprint density at radius 2 is 2.27 bits per heavy atom. The Kier molecular flexibility index (Phi) is 2.94. The number of nitrogens with zero attached hydrogens (tertiary/aromatic N) is 2. The molecular weight excluding hydrogens is 210 g/mol. The Hall–Kier alpha value is -1.88. The molecule has 2 N–H and O–H groups in total. The lowest BCUT2D eigenvalue weighted by Crippen LogP contribution is -1.89. The van der Waals surface area contributed by atoms with Crippen LogP contribution < -0.4 is 5.43 Å². The van der Waals surface area contributed by atoms with E-state index in [-0.39, 0.29) is 5.75 Å². The van der Waals surface area contributed by atoms with Gasteiger partial charge in [-0.15, -0.1) is 11.3 Å². The van der Waals surface area contributed by atoms with Crippen molar-refractivity contribution in [1.82, 2.24) is 4.98 Å². The summed E-state index contributed by atoms with van der Waals surface area (Å²) in [4.78, 5) is 4.00. The number of phenolic OH excluding ortho intramolecular Hbond substituents is 1. The van der Waals surface area contributed by atoms with E-state index >= 15 is 0 Å². The van der Waals surface area contributed by atoms with Crippen LogP contribution in [-0.2, 0) is 0 Å². The summed E-state index contributed by atoms with van der Waals surface area (Å²) in [5.74, 6) is 0.210. The zero-order valence-corrected chi connectivity index (χ0v) is 8.61. The molecule has 0 fully saturated rings. The molecule has 0 unspecified atom stereocenters. The maximum atomic E-state index is 9.44. The summed E-state index contributed by atoms with van der Waals surface area (Å²) in [7, 11) is 0. The lowest BCUT2D eigenvalue weighted by Gasteiger charge is -1.96. The van der Waals surface area contributed by atoms with Crippen molar-refractivity contribution in [2.75, 3.05) is 5.43 Å². The quantitative estimate of drug-likeness (QED) is 0.615. The van der Waals surface area contributed by atoms with E-state index in [1.165, 1.54) is 11.3 Å². The Bertz CT molecular complexity index is 453. The van der Waals surface area contributed by atoms with Crippen molar-refractivity contribution in [3.63, 3.8) is 0 Å². The van der Waals surface area contributed by atoms with Gasteiger partial charge in [0, 0.05) is 17.1 Å². The SMILES string of the molecule is Oc1ccccc1C=NNc1nccs1. The van der Waals surface area contributed by atoms with Crippen molar-refractivity contribution in [1.29, 1.82) is 0 Å². The highest BCUT2D eigenvalue weighted by molar-refractivity contribution is 7.13. The summed E-state index contributed by atoms with van der Waals surface area (Å²) in [5.41, 5.74) is 3.43. The smallest absolute Gasteiger partial charge is 0.203 e. The number of hydrogen-bond acceptors (Lipinski definition) is 5. The van der Waals surface area contributed by atoms with Crippen LogP contribution in [0.15, 0.2) is 40.9 Å². The number of hydrogen-bond donors (Lipinski definition) is 2. The number of rotatable bonds is 3. The highest BCUT2D eigenvalue weighted by atomic mass is 32.1. The van der Waals surface area contributed by atoms with Crippen LogP contribution in [0, 0.1) is 0 Å². The Balaban J connectivity index is 2.03. The van der Waals surface area contributed by atoms with Gasteiger partial charge in [0.25, 0.3) is 0 Å². The number of nitrogens with one attached hydrogen (secondary N) is 1. The number of aromatic hydroxyl groups is 1. The van der Waals surface area contributed by atoms with Crippen LogP contribution in [0.5, 0.6) is 5.75 Å². The molecule has 1 aromatic heterocycles. The van der Waals surface area contributed by atoms with Gasteiger partial charge in [0.15, 0.2) is 0 Å². The molecule has 0 saturated carbocycles. The van der Waals surface area contributed by atoms with Gasteiger partial charge in [0.1, 0.15) is 5.75 Å². The minimum Gasteiger partial charge on any atom is -0.507 e. The van der Waals surface area contributed by atoms with E-state index in [2.05, 4.69) is 15.5 Å². The van der Waals surface area contributed by atoms with Gasteiger partial charge in [-0.25, -0.2) is 4.98 Å². The number of thiazole rings is 1. The first-order valence-corrected chi connectivity index (χ1v) is 5.21. The van der Waals surface area contributed by atoms with Gasteiger partial charge in [-0.3, -0.25) is 5.43 Å². The average molecular weight is 219 g/mol. The number of benzene rings is 1. The van der Waals surface area contributed by atoms with Gasteiger partial charge in [0.2, 0.25) is 5.13 Å². The summed E-state index contributed by atoms with van der Waals surface area (Å²) in [6, 6.07) is 7.00. The second-order valence-corrected chi connectivity index (χ2v) is 3.66. The molecule has 0 aliphatic rings. The first kappa shape index (κ1) is 9.67. The largest absolute Gasteiger partial charge is 0.507 e. The zero-order chi connectivity index (χ0) is 10.5. The molecule has 1 aromatic carbocycles. The van der Waals surface area contributed by atoms with E-state index in [0.717, 1.165) is 5.13 Å². The monoisotopic (exact) mass is 219 g/mol. The third-order valence-corrected chi connectivity index (χ3v) is 2.41. The van der Waals surface area contributed by atoms with Crippen molar-refractivity contribution in [3.8, 4) is 5.75 Å². The number of para-hydroxylation sites is 1. The molecule has 76 valence electrons. The molecule has 2 rings (SSSR count).